The maximum atomic E-state index is 12.5. The van der Waals surface area contributed by atoms with Gasteiger partial charge in [0.2, 0.25) is 5.95 Å². The number of aromatic nitrogens is 3. The minimum absolute atomic E-state index is 0.0216. The van der Waals surface area contributed by atoms with Gasteiger partial charge in [0.25, 0.3) is 0 Å². The van der Waals surface area contributed by atoms with Gasteiger partial charge in [-0.15, -0.1) is 11.3 Å². The number of carbonyl (C=O) groups excluding carboxylic acids is 1. The van der Waals surface area contributed by atoms with Crippen LogP contribution in [0.1, 0.15) is 30.1 Å². The molecule has 128 valence electrons. The first-order valence-electron chi connectivity index (χ1n) is 8.16. The van der Waals surface area contributed by atoms with Gasteiger partial charge in [0.05, 0.1) is 6.04 Å². The van der Waals surface area contributed by atoms with Crippen LogP contribution in [0.3, 0.4) is 0 Å². The molecule has 1 atom stereocenters. The summed E-state index contributed by atoms with van der Waals surface area (Å²) in [6, 6.07) is 1.76. The average Bonchev–Trinajstić information content (AvgIpc) is 3.06. The van der Waals surface area contributed by atoms with Crippen LogP contribution in [0.5, 0.6) is 0 Å². The number of thiazole rings is 1. The molecule has 8 heteroatoms. The largest absolute Gasteiger partial charge is 0.337 e. The summed E-state index contributed by atoms with van der Waals surface area (Å²) in [5.41, 5.74) is 0.999. The maximum absolute atomic E-state index is 12.5. The number of nitrogens with one attached hydrogen (secondary N) is 1. The van der Waals surface area contributed by atoms with Crippen LogP contribution in [0.4, 0.5) is 10.7 Å². The van der Waals surface area contributed by atoms with Crippen molar-refractivity contribution < 1.29 is 4.79 Å². The predicted octanol–water partition coefficient (Wildman–Crippen LogP) is 2.22. The number of carbonyl (C=O) groups is 1. The quantitative estimate of drug-likeness (QED) is 0.919. The number of hydrogen-bond acceptors (Lipinski definition) is 6. The van der Waals surface area contributed by atoms with E-state index in [0.717, 1.165) is 36.2 Å². The molecule has 0 aliphatic carbocycles. The van der Waals surface area contributed by atoms with Gasteiger partial charge >= 0.3 is 6.03 Å². The standard InChI is InChI=1S/C16H22N6OS/c1-3-13(14-19-12(2)11-24-14)20-16(23)22-9-7-21(8-10-22)15-17-5-4-6-18-15/h4-6,11,13H,3,7-10H2,1-2H3,(H,20,23). The smallest absolute Gasteiger partial charge is 0.318 e. The first-order valence-corrected chi connectivity index (χ1v) is 9.04. The zero-order chi connectivity index (χ0) is 16.9. The van der Waals surface area contributed by atoms with Crippen molar-refractivity contribution in [3.8, 4) is 0 Å². The lowest BCUT2D eigenvalue weighted by Crippen LogP contribution is -2.52. The van der Waals surface area contributed by atoms with E-state index >= 15 is 0 Å². The number of amides is 2. The zero-order valence-corrected chi connectivity index (χ0v) is 14.8. The summed E-state index contributed by atoms with van der Waals surface area (Å²) >= 11 is 1.60. The molecule has 0 spiro atoms. The number of aryl methyl sites for hydroxylation is 1. The van der Waals surface area contributed by atoms with Gasteiger partial charge in [-0.1, -0.05) is 6.92 Å². The van der Waals surface area contributed by atoms with Crippen molar-refractivity contribution in [1.82, 2.24) is 25.2 Å². The molecule has 2 aromatic heterocycles. The Labute approximate surface area is 145 Å². The summed E-state index contributed by atoms with van der Waals surface area (Å²) in [5.74, 6) is 0.724. The Kier molecular flexibility index (Phi) is 5.24. The Bertz CT molecular complexity index is 668. The third-order valence-corrected chi connectivity index (χ3v) is 5.12. The molecule has 24 heavy (non-hydrogen) atoms. The van der Waals surface area contributed by atoms with Crippen molar-refractivity contribution in [1.29, 1.82) is 0 Å². The molecule has 1 aliphatic rings. The van der Waals surface area contributed by atoms with E-state index in [1.165, 1.54) is 0 Å². The Morgan fingerprint density at radius 2 is 2.00 bits per heavy atom. The number of piperazine rings is 1. The highest BCUT2D eigenvalue weighted by molar-refractivity contribution is 7.09. The minimum Gasteiger partial charge on any atom is -0.337 e. The molecule has 2 amide bonds. The van der Waals surface area contributed by atoms with Crippen molar-refractivity contribution in [2.75, 3.05) is 31.1 Å². The first kappa shape index (κ1) is 16.6. The van der Waals surface area contributed by atoms with Crippen LogP contribution in [0.2, 0.25) is 0 Å². The van der Waals surface area contributed by atoms with Gasteiger partial charge in [0.1, 0.15) is 5.01 Å². The summed E-state index contributed by atoms with van der Waals surface area (Å²) in [6.07, 6.45) is 4.31. The molecule has 0 aromatic carbocycles. The predicted molar refractivity (Wildman–Crippen MR) is 94.2 cm³/mol. The van der Waals surface area contributed by atoms with E-state index in [0.29, 0.717) is 13.1 Å². The molecular weight excluding hydrogens is 324 g/mol. The highest BCUT2D eigenvalue weighted by Gasteiger charge is 2.24. The summed E-state index contributed by atoms with van der Waals surface area (Å²) in [6.45, 7) is 6.84. The number of rotatable bonds is 4. The highest BCUT2D eigenvalue weighted by Crippen LogP contribution is 2.21. The summed E-state index contributed by atoms with van der Waals surface area (Å²) in [4.78, 5) is 29.5. The maximum Gasteiger partial charge on any atom is 0.318 e. The van der Waals surface area contributed by atoms with Crippen LogP contribution < -0.4 is 10.2 Å². The molecule has 1 unspecified atom stereocenters. The van der Waals surface area contributed by atoms with Gasteiger partial charge in [0, 0.05) is 49.6 Å². The monoisotopic (exact) mass is 346 g/mol. The van der Waals surface area contributed by atoms with E-state index in [1.54, 1.807) is 29.8 Å². The molecular formula is C16H22N6OS. The van der Waals surface area contributed by atoms with Crippen molar-refractivity contribution in [2.45, 2.75) is 26.3 Å². The third kappa shape index (κ3) is 3.81. The fourth-order valence-corrected chi connectivity index (χ4v) is 3.61. The van der Waals surface area contributed by atoms with Gasteiger partial charge in [-0.3, -0.25) is 0 Å². The first-order chi connectivity index (χ1) is 11.7. The van der Waals surface area contributed by atoms with Gasteiger partial charge in [-0.2, -0.15) is 0 Å². The molecule has 0 saturated carbocycles. The van der Waals surface area contributed by atoms with E-state index in [9.17, 15) is 4.79 Å². The van der Waals surface area contributed by atoms with Crippen LogP contribution >= 0.6 is 11.3 Å². The molecule has 0 bridgehead atoms. The number of nitrogens with zero attached hydrogens (tertiary/aromatic N) is 5. The Morgan fingerprint density at radius 3 is 2.58 bits per heavy atom. The number of anilines is 1. The minimum atomic E-state index is -0.0247. The summed E-state index contributed by atoms with van der Waals surface area (Å²) in [7, 11) is 0. The van der Waals surface area contributed by atoms with Crippen molar-refractivity contribution >= 4 is 23.3 Å². The molecule has 1 aliphatic heterocycles. The average molecular weight is 346 g/mol. The lowest BCUT2D eigenvalue weighted by molar-refractivity contribution is 0.189. The Hall–Kier alpha value is -2.22. The van der Waals surface area contributed by atoms with Crippen LogP contribution in [0.15, 0.2) is 23.8 Å². The lowest BCUT2D eigenvalue weighted by Gasteiger charge is -2.35. The fraction of sp³-hybridized carbons (Fsp3) is 0.500. The van der Waals surface area contributed by atoms with E-state index < -0.39 is 0 Å². The Morgan fingerprint density at radius 1 is 1.29 bits per heavy atom. The normalized spacial score (nSPS) is 16.1. The molecule has 1 N–H and O–H groups in total. The number of hydrogen-bond donors (Lipinski definition) is 1. The second-order valence-electron chi connectivity index (χ2n) is 5.76. The molecule has 3 heterocycles. The summed E-state index contributed by atoms with van der Waals surface area (Å²) in [5, 5.41) is 6.09. The lowest BCUT2D eigenvalue weighted by atomic mass is 10.2. The van der Waals surface area contributed by atoms with Crippen LogP contribution in [-0.2, 0) is 0 Å². The van der Waals surface area contributed by atoms with Gasteiger partial charge in [0.15, 0.2) is 0 Å². The van der Waals surface area contributed by atoms with E-state index in [2.05, 4.69) is 32.1 Å². The third-order valence-electron chi connectivity index (χ3n) is 4.04. The van der Waals surface area contributed by atoms with E-state index in [4.69, 9.17) is 0 Å². The Balaban J connectivity index is 1.55. The van der Waals surface area contributed by atoms with E-state index in [1.807, 2.05) is 17.2 Å². The van der Waals surface area contributed by atoms with Gasteiger partial charge in [-0.25, -0.2) is 19.7 Å². The topological polar surface area (TPSA) is 74.2 Å². The fourth-order valence-electron chi connectivity index (χ4n) is 2.68. The second kappa shape index (κ2) is 7.57. The zero-order valence-electron chi connectivity index (χ0n) is 14.0. The summed E-state index contributed by atoms with van der Waals surface area (Å²) < 4.78 is 0. The second-order valence-corrected chi connectivity index (χ2v) is 6.65. The van der Waals surface area contributed by atoms with Gasteiger partial charge in [-0.05, 0) is 19.4 Å². The van der Waals surface area contributed by atoms with Crippen LogP contribution in [-0.4, -0.2) is 52.1 Å². The van der Waals surface area contributed by atoms with Crippen LogP contribution in [0.25, 0.3) is 0 Å². The van der Waals surface area contributed by atoms with Crippen LogP contribution in [0, 0.1) is 6.92 Å². The molecule has 3 rings (SSSR count). The van der Waals surface area contributed by atoms with Gasteiger partial charge < -0.3 is 15.1 Å². The van der Waals surface area contributed by atoms with Crippen molar-refractivity contribution in [3.63, 3.8) is 0 Å². The van der Waals surface area contributed by atoms with E-state index in [-0.39, 0.29) is 12.1 Å². The number of urea groups is 1. The molecule has 1 saturated heterocycles. The van der Waals surface area contributed by atoms with Crippen molar-refractivity contribution in [2.24, 2.45) is 0 Å². The molecule has 1 fully saturated rings. The van der Waals surface area contributed by atoms with Crippen molar-refractivity contribution in [3.05, 3.63) is 34.5 Å². The SMILES string of the molecule is CCC(NC(=O)N1CCN(c2ncccn2)CC1)c1nc(C)cs1. The molecule has 2 aromatic rings. The molecule has 0 radical (unpaired) electrons. The molecule has 7 nitrogen and oxygen atoms in total. The highest BCUT2D eigenvalue weighted by atomic mass is 32.1.